The second-order valence-corrected chi connectivity index (χ2v) is 7.32. The third kappa shape index (κ3) is 3.48. The minimum Gasteiger partial charge on any atom is -0.494 e. The summed E-state index contributed by atoms with van der Waals surface area (Å²) in [7, 11) is 0. The van der Waals surface area contributed by atoms with Gasteiger partial charge in [-0.1, -0.05) is 30.3 Å². The first kappa shape index (κ1) is 20.1. The van der Waals surface area contributed by atoms with Crippen molar-refractivity contribution in [3.8, 4) is 11.6 Å². The number of aromatic hydroxyl groups is 1. The zero-order valence-electron chi connectivity index (χ0n) is 17.2. The number of hydrogen-bond acceptors (Lipinski definition) is 5. The number of aryl methyl sites for hydroxylation is 2. The van der Waals surface area contributed by atoms with Gasteiger partial charge in [-0.15, -0.1) is 0 Å². The first-order chi connectivity index (χ1) is 14.8. The normalized spacial score (nSPS) is 14.9. The number of anilines is 1. The maximum atomic E-state index is 13.0. The molecule has 1 amide bonds. The molecule has 0 bridgehead atoms. The highest BCUT2D eigenvalue weighted by atomic mass is 16.3. The summed E-state index contributed by atoms with van der Waals surface area (Å²) in [5.41, 5.74) is 1.51. The van der Waals surface area contributed by atoms with E-state index in [1.54, 1.807) is 37.3 Å². The molecule has 1 aromatic heterocycles. The zero-order valence-corrected chi connectivity index (χ0v) is 17.2. The molecule has 156 valence electrons. The maximum absolute atomic E-state index is 13.0. The van der Waals surface area contributed by atoms with Crippen LogP contribution in [0, 0.1) is 13.8 Å². The molecule has 0 spiro atoms. The highest BCUT2D eigenvalue weighted by Crippen LogP contribution is 2.28. The summed E-state index contributed by atoms with van der Waals surface area (Å²) in [4.78, 5) is 40.1. The van der Waals surface area contributed by atoms with Gasteiger partial charge in [0.2, 0.25) is 5.88 Å². The monoisotopic (exact) mass is 416 g/mol. The lowest BCUT2D eigenvalue weighted by Gasteiger charge is -2.14. The Labute approximate surface area is 177 Å². The summed E-state index contributed by atoms with van der Waals surface area (Å²) in [5.74, 6) is -0.985. The first-order valence-electron chi connectivity index (χ1n) is 9.60. The molecule has 2 N–H and O–H groups in total. The Bertz CT molecular complexity index is 1400. The van der Waals surface area contributed by atoms with E-state index < -0.39 is 23.0 Å². The molecule has 1 aliphatic heterocycles. The first-order valence-corrected chi connectivity index (χ1v) is 9.60. The Kier molecular flexibility index (Phi) is 4.90. The molecular weight excluding hydrogens is 396 g/mol. The van der Waals surface area contributed by atoms with E-state index in [4.69, 9.17) is 0 Å². The Morgan fingerprint density at radius 1 is 1.00 bits per heavy atom. The summed E-state index contributed by atoms with van der Waals surface area (Å²) in [6.07, 6.45) is 1.26. The quantitative estimate of drug-likeness (QED) is 0.640. The molecule has 1 aliphatic rings. The molecule has 0 saturated heterocycles. The molecule has 31 heavy (non-hydrogen) atoms. The lowest BCUT2D eigenvalue weighted by Crippen LogP contribution is -2.30. The molecule has 0 radical (unpaired) electrons. The van der Waals surface area contributed by atoms with E-state index in [-0.39, 0.29) is 11.1 Å². The lowest BCUT2D eigenvalue weighted by atomic mass is 10.1. The van der Waals surface area contributed by atoms with Crippen LogP contribution < -0.4 is 16.3 Å². The number of hydrogen-bond donors (Lipinski definition) is 2. The predicted octanol–water partition coefficient (Wildman–Crippen LogP) is 2.65. The Morgan fingerprint density at radius 3 is 2.45 bits per heavy atom. The second-order valence-electron chi connectivity index (χ2n) is 7.32. The van der Waals surface area contributed by atoms with Crippen LogP contribution >= 0.6 is 0 Å². The largest absolute Gasteiger partial charge is 0.494 e. The smallest absolute Gasteiger partial charge is 0.335 e. The predicted molar refractivity (Wildman–Crippen MR) is 119 cm³/mol. The fourth-order valence-electron chi connectivity index (χ4n) is 3.47. The van der Waals surface area contributed by atoms with Gasteiger partial charge in [-0.2, -0.15) is 10.1 Å². The van der Waals surface area contributed by atoms with Crippen molar-refractivity contribution in [3.63, 3.8) is 0 Å². The summed E-state index contributed by atoms with van der Waals surface area (Å²) in [6, 6.07) is 14.2. The van der Waals surface area contributed by atoms with Gasteiger partial charge in [0.1, 0.15) is 5.56 Å². The van der Waals surface area contributed by atoms with E-state index in [9.17, 15) is 19.5 Å². The van der Waals surface area contributed by atoms with Crippen molar-refractivity contribution in [2.75, 3.05) is 5.01 Å². The van der Waals surface area contributed by atoms with Crippen molar-refractivity contribution < 1.29 is 9.90 Å². The molecule has 8 nitrogen and oxygen atoms in total. The van der Waals surface area contributed by atoms with E-state index >= 15 is 0 Å². The number of amides is 1. The van der Waals surface area contributed by atoms with Crippen LogP contribution in [0.4, 0.5) is 5.69 Å². The van der Waals surface area contributed by atoms with E-state index in [0.29, 0.717) is 17.1 Å². The van der Waals surface area contributed by atoms with E-state index in [0.717, 1.165) is 15.7 Å². The van der Waals surface area contributed by atoms with Gasteiger partial charge in [0.15, 0.2) is 0 Å². The number of benzene rings is 2. The molecule has 2 heterocycles. The van der Waals surface area contributed by atoms with Crippen LogP contribution in [-0.4, -0.2) is 26.3 Å². The van der Waals surface area contributed by atoms with Crippen LogP contribution in [0.25, 0.3) is 11.8 Å². The second kappa shape index (κ2) is 7.56. The van der Waals surface area contributed by atoms with Gasteiger partial charge < -0.3 is 5.11 Å². The van der Waals surface area contributed by atoms with E-state index in [2.05, 4.69) is 10.1 Å². The minimum atomic E-state index is -0.797. The molecule has 2 aromatic carbocycles. The molecule has 0 atom stereocenters. The van der Waals surface area contributed by atoms with Gasteiger partial charge in [-0.25, -0.2) is 9.36 Å². The van der Waals surface area contributed by atoms with Crippen molar-refractivity contribution in [2.45, 2.75) is 20.8 Å². The summed E-state index contributed by atoms with van der Waals surface area (Å²) < 4.78 is 0.992. The number of carbonyl (C=O) groups excluding carboxylic acids is 1. The number of aromatic amines is 1. The number of rotatable bonds is 3. The van der Waals surface area contributed by atoms with Crippen LogP contribution in [0.3, 0.4) is 0 Å². The van der Waals surface area contributed by atoms with Crippen LogP contribution in [0.5, 0.6) is 5.88 Å². The van der Waals surface area contributed by atoms with Crippen LogP contribution in [0.1, 0.15) is 23.6 Å². The number of H-pyrrole nitrogens is 1. The molecule has 0 fully saturated rings. The van der Waals surface area contributed by atoms with Gasteiger partial charge in [-0.3, -0.25) is 14.6 Å². The molecule has 0 aliphatic carbocycles. The molecule has 0 saturated carbocycles. The molecule has 4 rings (SSSR count). The molecule has 3 aromatic rings. The van der Waals surface area contributed by atoms with E-state index in [1.165, 1.54) is 11.1 Å². The number of carbonyl (C=O) groups is 1. The van der Waals surface area contributed by atoms with Gasteiger partial charge in [0, 0.05) is 0 Å². The number of nitrogens with zero attached hydrogens (tertiary/aromatic N) is 3. The van der Waals surface area contributed by atoms with Crippen molar-refractivity contribution in [2.24, 2.45) is 5.10 Å². The summed E-state index contributed by atoms with van der Waals surface area (Å²) in [6.45, 7) is 5.35. The fourth-order valence-corrected chi connectivity index (χ4v) is 3.47. The molecular formula is C23H20N4O4. The van der Waals surface area contributed by atoms with Gasteiger partial charge in [0.05, 0.1) is 22.7 Å². The number of aromatic nitrogens is 2. The van der Waals surface area contributed by atoms with Crippen molar-refractivity contribution in [1.82, 2.24) is 9.55 Å². The topological polar surface area (TPSA) is 108 Å². The Balaban J connectivity index is 1.85. The summed E-state index contributed by atoms with van der Waals surface area (Å²) >= 11 is 0. The van der Waals surface area contributed by atoms with Gasteiger partial charge in [-0.05, 0) is 56.2 Å². The average Bonchev–Trinajstić information content (AvgIpc) is 2.99. The Morgan fingerprint density at radius 2 is 1.74 bits per heavy atom. The number of para-hydroxylation sites is 1. The van der Waals surface area contributed by atoms with Crippen LogP contribution in [0.2, 0.25) is 0 Å². The average molecular weight is 416 g/mol. The molecule has 8 heteroatoms. The summed E-state index contributed by atoms with van der Waals surface area (Å²) in [5, 5.41) is 16.4. The third-order valence-electron chi connectivity index (χ3n) is 5.08. The Hall–Kier alpha value is -4.20. The SMILES string of the molecule is CC1=NN(c2ccccc2C)C(=O)/C1=C\c1c(O)n(-c2cccc(C)c2)c(=O)[nH]c1=O. The highest BCUT2D eigenvalue weighted by Gasteiger charge is 2.30. The van der Waals surface area contributed by atoms with Crippen molar-refractivity contribution in [1.29, 1.82) is 0 Å². The lowest BCUT2D eigenvalue weighted by molar-refractivity contribution is -0.114. The van der Waals surface area contributed by atoms with Gasteiger partial charge in [0.25, 0.3) is 11.5 Å². The van der Waals surface area contributed by atoms with Crippen molar-refractivity contribution >= 4 is 23.4 Å². The van der Waals surface area contributed by atoms with Crippen LogP contribution in [-0.2, 0) is 4.79 Å². The highest BCUT2D eigenvalue weighted by molar-refractivity contribution is 6.32. The minimum absolute atomic E-state index is 0.151. The number of hydrazone groups is 1. The maximum Gasteiger partial charge on any atom is 0.335 e. The standard InChI is InChI=1S/C23H20N4O4/c1-13-7-6-9-16(11-13)26-21(29)18(20(28)24-23(26)31)12-17-15(3)25-27(22(17)30)19-10-5-4-8-14(19)2/h4-12,29H,1-3H3,(H,24,28,31)/b17-12-. The molecule has 0 unspecified atom stereocenters. The van der Waals surface area contributed by atoms with E-state index in [1.807, 2.05) is 32.0 Å². The van der Waals surface area contributed by atoms with Crippen LogP contribution in [0.15, 0.2) is 68.8 Å². The number of nitrogens with one attached hydrogen (secondary N) is 1. The fraction of sp³-hybridized carbons (Fsp3) is 0.130. The van der Waals surface area contributed by atoms with Gasteiger partial charge >= 0.3 is 5.69 Å². The van der Waals surface area contributed by atoms with Crippen molar-refractivity contribution in [3.05, 3.63) is 91.6 Å². The third-order valence-corrected chi connectivity index (χ3v) is 5.08. The zero-order chi connectivity index (χ0) is 22.3.